The molecule has 4 saturated carbocycles. The Morgan fingerprint density at radius 1 is 0.920 bits per heavy atom. The third-order valence-corrected chi connectivity index (χ3v) is 9.71. The van der Waals surface area contributed by atoms with Crippen LogP contribution in [0.15, 0.2) is 0 Å². The Bertz CT molecular complexity index is 504. The van der Waals surface area contributed by atoms with E-state index in [2.05, 4.69) is 33.0 Å². The molecule has 2 N–H and O–H groups in total. The molecule has 4 fully saturated rings. The molecule has 0 aliphatic heterocycles. The Balaban J connectivity index is 1.57. The quantitative estimate of drug-likeness (QED) is 0.740. The molecule has 25 heavy (non-hydrogen) atoms. The molecule has 0 aromatic carbocycles. The van der Waals surface area contributed by atoms with Gasteiger partial charge in [-0.05, 0) is 80.5 Å². The highest BCUT2D eigenvalue weighted by Crippen LogP contribution is 2.68. The lowest BCUT2D eigenvalue weighted by Crippen LogP contribution is -2.58. The van der Waals surface area contributed by atoms with Crippen LogP contribution in [0.5, 0.6) is 0 Å². The van der Waals surface area contributed by atoms with Crippen molar-refractivity contribution in [2.75, 3.05) is 6.54 Å². The van der Waals surface area contributed by atoms with Gasteiger partial charge in [-0.25, -0.2) is 0 Å². The van der Waals surface area contributed by atoms with Crippen molar-refractivity contribution in [3.8, 4) is 0 Å². The maximum Gasteiger partial charge on any atom is 0.0827 e. The first-order valence-electron chi connectivity index (χ1n) is 11.3. The molecular formula is C23H41NO. The van der Waals surface area contributed by atoms with Gasteiger partial charge in [-0.3, -0.25) is 0 Å². The normalized spacial score (nSPS) is 52.6. The van der Waals surface area contributed by atoms with Gasteiger partial charge < -0.3 is 10.4 Å². The Morgan fingerprint density at radius 2 is 1.68 bits per heavy atom. The molecule has 4 aliphatic carbocycles. The van der Waals surface area contributed by atoms with Crippen molar-refractivity contribution < 1.29 is 5.11 Å². The highest BCUT2D eigenvalue weighted by Gasteiger charge is 2.64. The average Bonchev–Trinajstić information content (AvgIpc) is 2.84. The molecule has 4 aliphatic rings. The van der Waals surface area contributed by atoms with Crippen LogP contribution in [0, 0.1) is 34.5 Å². The minimum Gasteiger partial charge on any atom is -0.388 e. The minimum atomic E-state index is -0.489. The summed E-state index contributed by atoms with van der Waals surface area (Å²) in [6, 6.07) is 0.458. The summed E-state index contributed by atoms with van der Waals surface area (Å²) >= 11 is 0. The van der Waals surface area contributed by atoms with Crippen LogP contribution in [0.25, 0.3) is 0 Å². The van der Waals surface area contributed by atoms with Gasteiger partial charge in [0.2, 0.25) is 0 Å². The van der Waals surface area contributed by atoms with E-state index in [0.29, 0.717) is 11.5 Å². The molecular weight excluding hydrogens is 306 g/mol. The zero-order valence-corrected chi connectivity index (χ0v) is 17.1. The van der Waals surface area contributed by atoms with Gasteiger partial charge in [0, 0.05) is 18.0 Å². The van der Waals surface area contributed by atoms with E-state index in [1.807, 2.05) is 0 Å². The summed E-state index contributed by atoms with van der Waals surface area (Å²) in [5.41, 5.74) is 0.254. The van der Waals surface area contributed by atoms with Crippen LogP contribution in [0.3, 0.4) is 0 Å². The van der Waals surface area contributed by atoms with Crippen LogP contribution >= 0.6 is 0 Å². The highest BCUT2D eigenvalue weighted by molar-refractivity contribution is 5.14. The Kier molecular flexibility index (Phi) is 4.56. The molecule has 7 atom stereocenters. The molecule has 2 heteroatoms. The summed E-state index contributed by atoms with van der Waals surface area (Å²) in [7, 11) is 0. The first kappa shape index (κ1) is 18.3. The molecule has 0 heterocycles. The monoisotopic (exact) mass is 347 g/mol. The van der Waals surface area contributed by atoms with E-state index in [-0.39, 0.29) is 5.41 Å². The number of hydrogen-bond acceptors (Lipinski definition) is 2. The summed E-state index contributed by atoms with van der Waals surface area (Å²) in [6.07, 6.45) is 13.7. The Hall–Kier alpha value is -0.0800. The van der Waals surface area contributed by atoms with Gasteiger partial charge in [-0.1, -0.05) is 40.5 Å². The van der Waals surface area contributed by atoms with Gasteiger partial charge in [-0.2, -0.15) is 0 Å². The van der Waals surface area contributed by atoms with Gasteiger partial charge in [0.15, 0.2) is 0 Å². The van der Waals surface area contributed by atoms with Crippen molar-refractivity contribution in [1.82, 2.24) is 5.32 Å². The third-order valence-electron chi connectivity index (χ3n) is 9.71. The zero-order chi connectivity index (χ0) is 17.9. The molecule has 0 aromatic rings. The van der Waals surface area contributed by atoms with Crippen molar-refractivity contribution in [2.24, 2.45) is 34.5 Å². The molecule has 0 saturated heterocycles. The lowest BCUT2D eigenvalue weighted by Gasteiger charge is -2.61. The van der Waals surface area contributed by atoms with Crippen LogP contribution < -0.4 is 5.32 Å². The zero-order valence-electron chi connectivity index (χ0n) is 17.1. The van der Waals surface area contributed by atoms with Gasteiger partial charge in [0.1, 0.15) is 0 Å². The van der Waals surface area contributed by atoms with Gasteiger partial charge in [0.05, 0.1) is 5.60 Å². The second-order valence-corrected chi connectivity index (χ2v) is 11.0. The van der Waals surface area contributed by atoms with E-state index in [1.54, 1.807) is 0 Å². The van der Waals surface area contributed by atoms with Crippen LogP contribution in [0.2, 0.25) is 0 Å². The average molecular weight is 348 g/mol. The Morgan fingerprint density at radius 3 is 2.44 bits per heavy atom. The minimum absolute atomic E-state index is 0.133. The lowest BCUT2D eigenvalue weighted by molar-refractivity contribution is -0.150. The standard InChI is InChI=1S/C23H41NO/c1-16(2)24-15-23(25)14-11-20-18-9-8-17-7-5-6-12-21(17,3)19(18)10-13-22(20,23)4/h16-20,24-25H,5-15H2,1-4H3/t17-,18+,19-,20+,21+,22+,23+/m1/s1. The van der Waals surface area contributed by atoms with Crippen LogP contribution in [-0.2, 0) is 0 Å². The smallest absolute Gasteiger partial charge is 0.0827 e. The number of nitrogens with one attached hydrogen (secondary N) is 1. The van der Waals surface area contributed by atoms with Crippen molar-refractivity contribution in [3.63, 3.8) is 0 Å². The molecule has 0 bridgehead atoms. The van der Waals surface area contributed by atoms with Crippen molar-refractivity contribution in [1.29, 1.82) is 0 Å². The second kappa shape index (κ2) is 6.23. The van der Waals surface area contributed by atoms with E-state index in [4.69, 9.17) is 0 Å². The molecule has 4 rings (SSSR count). The highest BCUT2D eigenvalue weighted by atomic mass is 16.3. The van der Waals surface area contributed by atoms with Crippen LogP contribution in [0.1, 0.15) is 91.9 Å². The van der Waals surface area contributed by atoms with Gasteiger partial charge >= 0.3 is 0 Å². The van der Waals surface area contributed by atoms with Crippen molar-refractivity contribution in [2.45, 2.75) is 104 Å². The fourth-order valence-electron chi connectivity index (χ4n) is 8.07. The fraction of sp³-hybridized carbons (Fsp3) is 1.00. The largest absolute Gasteiger partial charge is 0.388 e. The first-order valence-corrected chi connectivity index (χ1v) is 11.3. The third kappa shape index (κ3) is 2.64. The molecule has 0 radical (unpaired) electrons. The summed E-state index contributed by atoms with van der Waals surface area (Å²) in [6.45, 7) is 10.3. The number of hydrogen-bond donors (Lipinski definition) is 2. The predicted octanol–water partition coefficient (Wildman–Crippen LogP) is 5.15. The first-order chi connectivity index (χ1) is 11.8. The second-order valence-electron chi connectivity index (χ2n) is 11.0. The van der Waals surface area contributed by atoms with E-state index in [9.17, 15) is 5.11 Å². The predicted molar refractivity (Wildman–Crippen MR) is 104 cm³/mol. The fourth-order valence-corrected chi connectivity index (χ4v) is 8.07. The summed E-state index contributed by atoms with van der Waals surface area (Å²) in [5.74, 6) is 3.57. The van der Waals surface area contributed by atoms with E-state index in [0.717, 1.165) is 36.6 Å². The van der Waals surface area contributed by atoms with Crippen LogP contribution in [0.4, 0.5) is 0 Å². The van der Waals surface area contributed by atoms with Crippen molar-refractivity contribution >= 4 is 0 Å². The van der Waals surface area contributed by atoms with Crippen molar-refractivity contribution in [3.05, 3.63) is 0 Å². The molecule has 0 unspecified atom stereocenters. The number of aliphatic hydroxyl groups is 1. The SMILES string of the molecule is CC(C)NC[C@@]1(O)CC[C@H]2[C@H]3CC[C@H]4CCCC[C@]4(C)[C@@H]3CC[C@@]21C. The Labute approximate surface area is 155 Å². The molecule has 0 spiro atoms. The lowest BCUT2D eigenvalue weighted by atomic mass is 9.44. The molecule has 144 valence electrons. The molecule has 0 aromatic heterocycles. The maximum atomic E-state index is 11.6. The van der Waals surface area contributed by atoms with E-state index in [1.165, 1.54) is 57.8 Å². The number of rotatable bonds is 3. The molecule has 0 amide bonds. The van der Waals surface area contributed by atoms with Gasteiger partial charge in [-0.15, -0.1) is 0 Å². The van der Waals surface area contributed by atoms with Gasteiger partial charge in [0.25, 0.3) is 0 Å². The topological polar surface area (TPSA) is 32.3 Å². The summed E-state index contributed by atoms with van der Waals surface area (Å²) < 4.78 is 0. The van der Waals surface area contributed by atoms with Crippen LogP contribution in [-0.4, -0.2) is 23.3 Å². The van der Waals surface area contributed by atoms with E-state index < -0.39 is 5.60 Å². The van der Waals surface area contributed by atoms with E-state index >= 15 is 0 Å². The summed E-state index contributed by atoms with van der Waals surface area (Å²) in [5, 5.41) is 15.2. The maximum absolute atomic E-state index is 11.6. The molecule has 2 nitrogen and oxygen atoms in total. The summed E-state index contributed by atoms with van der Waals surface area (Å²) in [4.78, 5) is 0. The number of fused-ring (bicyclic) bond motifs is 5.